The summed E-state index contributed by atoms with van der Waals surface area (Å²) < 4.78 is 31.8. The summed E-state index contributed by atoms with van der Waals surface area (Å²) in [6, 6.07) is 7.26. The SMILES string of the molecule is COCc1cccc(NS(=O)(=O)C2CCNC2)c1. The molecule has 1 aromatic carbocycles. The Labute approximate surface area is 108 Å². The lowest BCUT2D eigenvalue weighted by Crippen LogP contribution is -2.29. The monoisotopic (exact) mass is 270 g/mol. The maximum Gasteiger partial charge on any atom is 0.236 e. The van der Waals surface area contributed by atoms with E-state index in [2.05, 4.69) is 10.0 Å². The Bertz CT molecular complexity index is 496. The van der Waals surface area contributed by atoms with Crippen molar-refractivity contribution in [2.75, 3.05) is 24.9 Å². The Balaban J connectivity index is 2.10. The van der Waals surface area contributed by atoms with Gasteiger partial charge in [-0.2, -0.15) is 0 Å². The van der Waals surface area contributed by atoms with Gasteiger partial charge in [0.25, 0.3) is 0 Å². The Morgan fingerprint density at radius 2 is 2.33 bits per heavy atom. The second-order valence-electron chi connectivity index (χ2n) is 4.40. The first kappa shape index (κ1) is 13.3. The zero-order valence-electron chi connectivity index (χ0n) is 10.3. The Morgan fingerprint density at radius 1 is 1.50 bits per heavy atom. The lowest BCUT2D eigenvalue weighted by molar-refractivity contribution is 0.185. The van der Waals surface area contributed by atoms with Crippen LogP contribution in [0.4, 0.5) is 5.69 Å². The normalized spacial score (nSPS) is 19.9. The van der Waals surface area contributed by atoms with Crippen molar-refractivity contribution in [1.82, 2.24) is 5.32 Å². The number of nitrogens with one attached hydrogen (secondary N) is 2. The van der Waals surface area contributed by atoms with Crippen LogP contribution in [-0.4, -0.2) is 33.9 Å². The van der Waals surface area contributed by atoms with Crippen molar-refractivity contribution in [2.24, 2.45) is 0 Å². The molecule has 0 aromatic heterocycles. The van der Waals surface area contributed by atoms with Crippen molar-refractivity contribution in [3.8, 4) is 0 Å². The highest BCUT2D eigenvalue weighted by molar-refractivity contribution is 7.93. The minimum Gasteiger partial charge on any atom is -0.380 e. The molecule has 0 saturated carbocycles. The highest BCUT2D eigenvalue weighted by Crippen LogP contribution is 2.17. The van der Waals surface area contributed by atoms with E-state index in [9.17, 15) is 8.42 Å². The second kappa shape index (κ2) is 5.69. The van der Waals surface area contributed by atoms with Gasteiger partial charge < -0.3 is 10.1 Å². The topological polar surface area (TPSA) is 67.4 Å². The molecule has 100 valence electrons. The average Bonchev–Trinajstić information content (AvgIpc) is 2.83. The van der Waals surface area contributed by atoms with Gasteiger partial charge in [-0.25, -0.2) is 8.42 Å². The Kier molecular flexibility index (Phi) is 4.21. The molecular weight excluding hydrogens is 252 g/mol. The molecule has 1 aliphatic heterocycles. The molecule has 18 heavy (non-hydrogen) atoms. The van der Waals surface area contributed by atoms with Gasteiger partial charge in [0.1, 0.15) is 0 Å². The number of hydrogen-bond donors (Lipinski definition) is 2. The van der Waals surface area contributed by atoms with Crippen LogP contribution >= 0.6 is 0 Å². The zero-order valence-corrected chi connectivity index (χ0v) is 11.2. The molecule has 0 aliphatic carbocycles. The van der Waals surface area contributed by atoms with Gasteiger partial charge in [0.2, 0.25) is 10.0 Å². The van der Waals surface area contributed by atoms with Crippen molar-refractivity contribution in [3.63, 3.8) is 0 Å². The van der Waals surface area contributed by atoms with Crippen molar-refractivity contribution in [3.05, 3.63) is 29.8 Å². The second-order valence-corrected chi connectivity index (χ2v) is 6.36. The molecule has 0 bridgehead atoms. The molecule has 1 atom stereocenters. The Hall–Kier alpha value is -1.11. The lowest BCUT2D eigenvalue weighted by atomic mass is 10.2. The van der Waals surface area contributed by atoms with Crippen LogP contribution in [0.3, 0.4) is 0 Å². The predicted molar refractivity (Wildman–Crippen MR) is 71.0 cm³/mol. The van der Waals surface area contributed by atoms with E-state index in [1.807, 2.05) is 12.1 Å². The standard InChI is InChI=1S/C12H18N2O3S/c1-17-9-10-3-2-4-11(7-10)14-18(15,16)12-5-6-13-8-12/h2-4,7,12-14H,5-6,8-9H2,1H3. The number of rotatable bonds is 5. The number of ether oxygens (including phenoxy) is 1. The van der Waals surface area contributed by atoms with Crippen molar-refractivity contribution in [2.45, 2.75) is 18.3 Å². The summed E-state index contributed by atoms with van der Waals surface area (Å²) in [4.78, 5) is 0. The highest BCUT2D eigenvalue weighted by atomic mass is 32.2. The summed E-state index contributed by atoms with van der Waals surface area (Å²) in [5.74, 6) is 0. The van der Waals surface area contributed by atoms with Crippen molar-refractivity contribution in [1.29, 1.82) is 0 Å². The van der Waals surface area contributed by atoms with Crippen LogP contribution in [0.25, 0.3) is 0 Å². The van der Waals surface area contributed by atoms with Gasteiger partial charge in [-0.05, 0) is 30.7 Å². The molecule has 1 heterocycles. The van der Waals surface area contributed by atoms with Crippen LogP contribution in [0.5, 0.6) is 0 Å². The van der Waals surface area contributed by atoms with Gasteiger partial charge >= 0.3 is 0 Å². The minimum absolute atomic E-state index is 0.344. The fourth-order valence-corrected chi connectivity index (χ4v) is 3.42. The maximum absolute atomic E-state index is 12.1. The van der Waals surface area contributed by atoms with Gasteiger partial charge in [-0.15, -0.1) is 0 Å². The van der Waals surface area contributed by atoms with Crippen LogP contribution < -0.4 is 10.0 Å². The fourth-order valence-electron chi connectivity index (χ4n) is 2.03. The van der Waals surface area contributed by atoms with E-state index in [0.29, 0.717) is 25.3 Å². The van der Waals surface area contributed by atoms with Gasteiger partial charge in [0.05, 0.1) is 11.9 Å². The first-order valence-electron chi connectivity index (χ1n) is 5.92. The van der Waals surface area contributed by atoms with E-state index in [-0.39, 0.29) is 5.25 Å². The van der Waals surface area contributed by atoms with Gasteiger partial charge in [0, 0.05) is 19.3 Å². The van der Waals surface area contributed by atoms with Gasteiger partial charge in [-0.3, -0.25) is 4.72 Å². The third-order valence-corrected chi connectivity index (χ3v) is 4.75. The van der Waals surface area contributed by atoms with E-state index >= 15 is 0 Å². The molecule has 1 fully saturated rings. The predicted octanol–water partition coefficient (Wildman–Crippen LogP) is 0.937. The smallest absolute Gasteiger partial charge is 0.236 e. The summed E-state index contributed by atoms with van der Waals surface area (Å²) in [6.07, 6.45) is 0.660. The number of sulfonamides is 1. The maximum atomic E-state index is 12.1. The summed E-state index contributed by atoms with van der Waals surface area (Å²) in [6.45, 7) is 1.75. The molecule has 5 nitrogen and oxygen atoms in total. The van der Waals surface area contributed by atoms with Crippen LogP contribution in [0, 0.1) is 0 Å². The van der Waals surface area contributed by atoms with Gasteiger partial charge in [-0.1, -0.05) is 12.1 Å². The number of methoxy groups -OCH3 is 1. The Morgan fingerprint density at radius 3 is 3.00 bits per heavy atom. The third kappa shape index (κ3) is 3.22. The number of anilines is 1. The summed E-state index contributed by atoms with van der Waals surface area (Å²) in [7, 11) is -1.69. The average molecular weight is 270 g/mol. The third-order valence-electron chi connectivity index (χ3n) is 2.95. The molecule has 0 amide bonds. The highest BCUT2D eigenvalue weighted by Gasteiger charge is 2.28. The molecule has 1 unspecified atom stereocenters. The fraction of sp³-hybridized carbons (Fsp3) is 0.500. The molecular formula is C12H18N2O3S. The van der Waals surface area contributed by atoms with E-state index < -0.39 is 10.0 Å². The molecule has 0 spiro atoms. The molecule has 6 heteroatoms. The van der Waals surface area contributed by atoms with Crippen LogP contribution in [0.1, 0.15) is 12.0 Å². The summed E-state index contributed by atoms with van der Waals surface area (Å²) in [5, 5.41) is 2.71. The van der Waals surface area contributed by atoms with E-state index in [1.54, 1.807) is 19.2 Å². The molecule has 2 rings (SSSR count). The van der Waals surface area contributed by atoms with Crippen LogP contribution in [-0.2, 0) is 21.4 Å². The first-order chi connectivity index (χ1) is 8.62. The minimum atomic E-state index is -3.30. The van der Waals surface area contributed by atoms with Crippen LogP contribution in [0.15, 0.2) is 24.3 Å². The molecule has 1 aliphatic rings. The summed E-state index contributed by atoms with van der Waals surface area (Å²) >= 11 is 0. The van der Waals surface area contributed by atoms with E-state index in [1.165, 1.54) is 0 Å². The lowest BCUT2D eigenvalue weighted by Gasteiger charge is -2.13. The van der Waals surface area contributed by atoms with Crippen molar-refractivity contribution < 1.29 is 13.2 Å². The molecule has 2 N–H and O–H groups in total. The molecule has 0 radical (unpaired) electrons. The molecule has 1 aromatic rings. The quantitative estimate of drug-likeness (QED) is 0.835. The summed E-state index contributed by atoms with van der Waals surface area (Å²) in [5.41, 5.74) is 1.54. The zero-order chi connectivity index (χ0) is 13.0. The van der Waals surface area contributed by atoms with Crippen molar-refractivity contribution >= 4 is 15.7 Å². The molecule has 1 saturated heterocycles. The first-order valence-corrected chi connectivity index (χ1v) is 7.46. The van der Waals surface area contributed by atoms with E-state index in [4.69, 9.17) is 4.74 Å². The van der Waals surface area contributed by atoms with E-state index in [0.717, 1.165) is 12.1 Å². The van der Waals surface area contributed by atoms with Gasteiger partial charge in [0.15, 0.2) is 0 Å². The van der Waals surface area contributed by atoms with Crippen LogP contribution in [0.2, 0.25) is 0 Å². The number of hydrogen-bond acceptors (Lipinski definition) is 4. The number of benzene rings is 1. The largest absolute Gasteiger partial charge is 0.380 e.